The normalized spacial score (nSPS) is 54.1. The number of hydrogen-bond donors (Lipinski definition) is 1. The second-order valence-electron chi connectivity index (χ2n) is 7.15. The second kappa shape index (κ2) is 2.93. The summed E-state index contributed by atoms with van der Waals surface area (Å²) < 4.78 is 0. The first-order valence-electron chi connectivity index (χ1n) is 6.75. The van der Waals surface area contributed by atoms with Crippen LogP contribution in [0.25, 0.3) is 0 Å². The summed E-state index contributed by atoms with van der Waals surface area (Å²) in [6.45, 7) is 11.4. The molecule has 3 fully saturated rings. The lowest BCUT2D eigenvalue weighted by atomic mass is 9.67. The molecule has 0 amide bonds. The first-order valence-corrected chi connectivity index (χ1v) is 6.75. The lowest BCUT2D eigenvalue weighted by Crippen LogP contribution is -2.35. The molecule has 90 valence electrons. The molecule has 0 radical (unpaired) electrons. The van der Waals surface area contributed by atoms with Gasteiger partial charge in [-0.15, -0.1) is 0 Å². The Hall–Kier alpha value is -0.300. The zero-order chi connectivity index (χ0) is 11.7. The van der Waals surface area contributed by atoms with Crippen LogP contribution in [0.5, 0.6) is 0 Å². The molecule has 5 atom stereocenters. The van der Waals surface area contributed by atoms with Gasteiger partial charge in [0.05, 0.1) is 6.10 Å². The Morgan fingerprint density at radius 2 is 2.06 bits per heavy atom. The second-order valence-corrected chi connectivity index (χ2v) is 7.15. The molecule has 3 rings (SSSR count). The highest BCUT2D eigenvalue weighted by Crippen LogP contribution is 2.72. The van der Waals surface area contributed by atoms with Gasteiger partial charge in [-0.1, -0.05) is 32.9 Å². The van der Waals surface area contributed by atoms with Gasteiger partial charge in [0.15, 0.2) is 0 Å². The number of aliphatic hydroxyl groups is 1. The smallest absolute Gasteiger partial charge is 0.0581 e. The van der Waals surface area contributed by atoms with E-state index in [1.165, 1.54) is 24.8 Å². The molecule has 0 aliphatic heterocycles. The zero-order valence-electron chi connectivity index (χ0n) is 10.8. The Kier molecular flexibility index (Phi) is 1.98. The lowest BCUT2D eigenvalue weighted by molar-refractivity contribution is 0.0300. The van der Waals surface area contributed by atoms with Crippen LogP contribution in [-0.4, -0.2) is 11.2 Å². The monoisotopic (exact) mass is 220 g/mol. The van der Waals surface area contributed by atoms with E-state index in [9.17, 15) is 5.11 Å². The van der Waals surface area contributed by atoms with Crippen LogP contribution in [-0.2, 0) is 0 Å². The van der Waals surface area contributed by atoms with Crippen molar-refractivity contribution in [3.8, 4) is 0 Å². The van der Waals surface area contributed by atoms with Crippen molar-refractivity contribution in [2.75, 3.05) is 0 Å². The van der Waals surface area contributed by atoms with Crippen molar-refractivity contribution < 1.29 is 5.11 Å². The van der Waals surface area contributed by atoms with Crippen molar-refractivity contribution in [3.05, 3.63) is 12.2 Å². The van der Waals surface area contributed by atoms with Gasteiger partial charge in [-0.25, -0.2) is 0 Å². The standard InChI is InChI=1S/C15H24O/c1-9-5-6-15-8-11(9)14(3,4)13(15)12(16)7-10(15)2/h10-13,16H,1,5-8H2,2-4H3/t10-,11+,12+,13+,15+/m0/s1. The van der Waals surface area contributed by atoms with Crippen molar-refractivity contribution in [3.63, 3.8) is 0 Å². The molecule has 0 unspecified atom stereocenters. The molecule has 1 spiro atoms. The molecule has 1 N–H and O–H groups in total. The summed E-state index contributed by atoms with van der Waals surface area (Å²) in [5.41, 5.74) is 2.15. The molecule has 0 aromatic heterocycles. The molecular weight excluding hydrogens is 196 g/mol. The summed E-state index contributed by atoms with van der Waals surface area (Å²) in [6, 6.07) is 0. The fourth-order valence-corrected chi connectivity index (χ4v) is 5.59. The highest BCUT2D eigenvalue weighted by Gasteiger charge is 2.66. The summed E-state index contributed by atoms with van der Waals surface area (Å²) in [4.78, 5) is 0. The summed E-state index contributed by atoms with van der Waals surface area (Å²) >= 11 is 0. The number of hydrogen-bond acceptors (Lipinski definition) is 1. The first-order chi connectivity index (χ1) is 7.39. The van der Waals surface area contributed by atoms with Crippen molar-refractivity contribution in [1.82, 2.24) is 0 Å². The molecule has 1 heteroatoms. The summed E-state index contributed by atoms with van der Waals surface area (Å²) in [5, 5.41) is 10.4. The lowest BCUT2D eigenvalue weighted by Gasteiger charge is -2.38. The Balaban J connectivity index is 2.11. The summed E-state index contributed by atoms with van der Waals surface area (Å²) in [6.07, 6.45) is 4.71. The van der Waals surface area contributed by atoms with Crippen LogP contribution in [0.1, 0.15) is 46.5 Å². The van der Waals surface area contributed by atoms with E-state index in [0.717, 1.165) is 6.42 Å². The van der Waals surface area contributed by atoms with E-state index in [2.05, 4.69) is 27.4 Å². The van der Waals surface area contributed by atoms with Gasteiger partial charge in [0.25, 0.3) is 0 Å². The van der Waals surface area contributed by atoms with E-state index in [4.69, 9.17) is 0 Å². The fraction of sp³-hybridized carbons (Fsp3) is 0.867. The quantitative estimate of drug-likeness (QED) is 0.620. The number of aliphatic hydroxyl groups excluding tert-OH is 1. The minimum absolute atomic E-state index is 0.0686. The van der Waals surface area contributed by atoms with Crippen molar-refractivity contribution in [2.24, 2.45) is 28.6 Å². The third-order valence-corrected chi connectivity index (χ3v) is 6.27. The van der Waals surface area contributed by atoms with E-state index >= 15 is 0 Å². The van der Waals surface area contributed by atoms with Crippen LogP contribution in [0.4, 0.5) is 0 Å². The molecular formula is C15H24O. The maximum absolute atomic E-state index is 10.4. The van der Waals surface area contributed by atoms with Crippen LogP contribution in [0.3, 0.4) is 0 Å². The molecule has 0 saturated heterocycles. The van der Waals surface area contributed by atoms with Crippen LogP contribution >= 0.6 is 0 Å². The largest absolute Gasteiger partial charge is 0.393 e. The fourth-order valence-electron chi connectivity index (χ4n) is 5.59. The van der Waals surface area contributed by atoms with Gasteiger partial charge in [0.1, 0.15) is 0 Å². The minimum Gasteiger partial charge on any atom is -0.393 e. The van der Waals surface area contributed by atoms with E-state index < -0.39 is 0 Å². The van der Waals surface area contributed by atoms with E-state index in [1.807, 2.05) is 0 Å². The van der Waals surface area contributed by atoms with Crippen molar-refractivity contribution >= 4 is 0 Å². The Bertz CT molecular complexity index is 343. The zero-order valence-corrected chi connectivity index (χ0v) is 10.8. The molecule has 0 aromatic rings. The molecule has 3 aliphatic rings. The Labute approximate surface area is 98.9 Å². The molecule has 1 nitrogen and oxygen atoms in total. The van der Waals surface area contributed by atoms with Gasteiger partial charge < -0.3 is 5.11 Å². The topological polar surface area (TPSA) is 20.2 Å². The van der Waals surface area contributed by atoms with Gasteiger partial charge in [0.2, 0.25) is 0 Å². The number of allylic oxidation sites excluding steroid dienone is 1. The van der Waals surface area contributed by atoms with Crippen molar-refractivity contribution in [1.29, 1.82) is 0 Å². The third-order valence-electron chi connectivity index (χ3n) is 6.27. The van der Waals surface area contributed by atoms with E-state index in [0.29, 0.717) is 23.2 Å². The predicted octanol–water partition coefficient (Wildman–Crippen LogP) is 3.39. The van der Waals surface area contributed by atoms with E-state index in [-0.39, 0.29) is 11.5 Å². The van der Waals surface area contributed by atoms with E-state index in [1.54, 1.807) is 0 Å². The molecule has 3 aliphatic carbocycles. The van der Waals surface area contributed by atoms with Gasteiger partial charge in [-0.05, 0) is 54.3 Å². The predicted molar refractivity (Wildman–Crippen MR) is 66.0 cm³/mol. The summed E-state index contributed by atoms with van der Waals surface area (Å²) in [7, 11) is 0. The maximum Gasteiger partial charge on any atom is 0.0581 e. The highest BCUT2D eigenvalue weighted by atomic mass is 16.3. The number of fused-ring (bicyclic) bond motifs is 1. The van der Waals surface area contributed by atoms with Crippen LogP contribution in [0.2, 0.25) is 0 Å². The van der Waals surface area contributed by atoms with Gasteiger partial charge in [0, 0.05) is 0 Å². The molecule has 16 heavy (non-hydrogen) atoms. The Morgan fingerprint density at radius 3 is 2.75 bits per heavy atom. The van der Waals surface area contributed by atoms with Gasteiger partial charge >= 0.3 is 0 Å². The van der Waals surface area contributed by atoms with Crippen LogP contribution in [0.15, 0.2) is 12.2 Å². The SMILES string of the molecule is C=C1CC[C@]23C[C@H]1C(C)(C)[C@H]2[C@H](O)C[C@@H]3C. The average molecular weight is 220 g/mol. The maximum atomic E-state index is 10.4. The van der Waals surface area contributed by atoms with Gasteiger partial charge in [-0.2, -0.15) is 0 Å². The van der Waals surface area contributed by atoms with Crippen LogP contribution < -0.4 is 0 Å². The average Bonchev–Trinajstić information content (AvgIpc) is 2.54. The molecule has 0 aromatic carbocycles. The summed E-state index contributed by atoms with van der Waals surface area (Å²) in [5.74, 6) is 1.87. The molecule has 0 heterocycles. The highest BCUT2D eigenvalue weighted by molar-refractivity contribution is 5.24. The van der Waals surface area contributed by atoms with Crippen molar-refractivity contribution in [2.45, 2.75) is 52.6 Å². The van der Waals surface area contributed by atoms with Crippen LogP contribution in [0, 0.1) is 28.6 Å². The molecule has 3 saturated carbocycles. The van der Waals surface area contributed by atoms with Gasteiger partial charge in [-0.3, -0.25) is 0 Å². The minimum atomic E-state index is -0.0686. The Morgan fingerprint density at radius 1 is 1.38 bits per heavy atom. The third kappa shape index (κ3) is 1.01. The first kappa shape index (κ1) is 10.8. The molecule has 2 bridgehead atoms. The number of rotatable bonds is 0.